The summed E-state index contributed by atoms with van der Waals surface area (Å²) < 4.78 is 11.4. The van der Waals surface area contributed by atoms with Gasteiger partial charge in [-0.1, -0.05) is 30.3 Å². The number of ether oxygens (including phenoxy) is 2. The van der Waals surface area contributed by atoms with Crippen molar-refractivity contribution in [3.05, 3.63) is 59.7 Å². The number of aliphatic hydroxyl groups is 1. The fourth-order valence-corrected chi connectivity index (χ4v) is 3.03. The number of ketones is 1. The molecule has 0 saturated heterocycles. The van der Waals surface area contributed by atoms with Gasteiger partial charge in [-0.3, -0.25) is 9.59 Å². The zero-order valence-corrected chi connectivity index (χ0v) is 15.4. The number of carbonyl (C=O) groups excluding carboxylic acids is 2. The molecule has 0 bridgehead atoms. The fraction of sp³-hybridized carbons (Fsp3) is 0.333. The second-order valence-electron chi connectivity index (χ2n) is 7.12. The number of nitrogens with one attached hydrogen (secondary N) is 1. The molecule has 27 heavy (non-hydrogen) atoms. The smallest absolute Gasteiger partial charge is 0.258 e. The molecular formula is C21H23NO5. The summed E-state index contributed by atoms with van der Waals surface area (Å²) in [5.74, 6) is 0.577. The molecule has 0 unspecified atom stereocenters. The summed E-state index contributed by atoms with van der Waals surface area (Å²) in [5.41, 5.74) is 0.774. The molecule has 2 aromatic carbocycles. The lowest BCUT2D eigenvalue weighted by Crippen LogP contribution is -2.36. The first kappa shape index (κ1) is 18.9. The van der Waals surface area contributed by atoms with E-state index in [-0.39, 0.29) is 24.9 Å². The van der Waals surface area contributed by atoms with Crippen molar-refractivity contribution >= 4 is 11.7 Å². The molecule has 1 amide bonds. The summed E-state index contributed by atoms with van der Waals surface area (Å²) in [4.78, 5) is 24.3. The van der Waals surface area contributed by atoms with Crippen LogP contribution in [0.3, 0.4) is 0 Å². The number of rotatable bonds is 6. The van der Waals surface area contributed by atoms with Crippen LogP contribution < -0.4 is 14.8 Å². The van der Waals surface area contributed by atoms with E-state index in [1.54, 1.807) is 18.2 Å². The minimum absolute atomic E-state index is 0.0270. The molecule has 1 atom stereocenters. The first-order valence-corrected chi connectivity index (χ1v) is 8.82. The molecular weight excluding hydrogens is 346 g/mol. The first-order valence-electron chi connectivity index (χ1n) is 8.82. The van der Waals surface area contributed by atoms with Crippen LogP contribution in [0.25, 0.3) is 0 Å². The largest absolute Gasteiger partial charge is 0.486 e. The number of hydrogen-bond acceptors (Lipinski definition) is 5. The average molecular weight is 369 g/mol. The monoisotopic (exact) mass is 369 g/mol. The Labute approximate surface area is 158 Å². The highest BCUT2D eigenvalue weighted by molar-refractivity contribution is 6.00. The minimum Gasteiger partial charge on any atom is -0.486 e. The third-order valence-electron chi connectivity index (χ3n) is 4.32. The minimum atomic E-state index is -0.565. The van der Waals surface area contributed by atoms with Crippen LogP contribution >= 0.6 is 0 Å². The Hall–Kier alpha value is -2.86. The van der Waals surface area contributed by atoms with Gasteiger partial charge in [0, 0.05) is 6.07 Å². The molecule has 0 radical (unpaired) electrons. The van der Waals surface area contributed by atoms with Crippen LogP contribution in [-0.4, -0.2) is 35.6 Å². The maximum atomic E-state index is 12.2. The van der Waals surface area contributed by atoms with E-state index in [2.05, 4.69) is 5.32 Å². The lowest BCUT2D eigenvalue weighted by molar-refractivity contribution is -0.124. The number of carbonyl (C=O) groups is 2. The number of Topliss-reactive ketones (excluding diaryl/α,β-unsaturated/α-hetero) is 1. The van der Waals surface area contributed by atoms with Crippen LogP contribution in [0.5, 0.6) is 11.5 Å². The molecule has 1 heterocycles. The first-order chi connectivity index (χ1) is 12.9. The van der Waals surface area contributed by atoms with Crippen molar-refractivity contribution in [2.24, 2.45) is 0 Å². The lowest BCUT2D eigenvalue weighted by atomic mass is 9.93. The van der Waals surface area contributed by atoms with Crippen molar-refractivity contribution in [3.63, 3.8) is 0 Å². The molecule has 142 valence electrons. The van der Waals surface area contributed by atoms with Gasteiger partial charge < -0.3 is 19.9 Å². The van der Waals surface area contributed by atoms with Crippen LogP contribution in [0.2, 0.25) is 0 Å². The van der Waals surface area contributed by atoms with Crippen LogP contribution in [-0.2, 0) is 4.79 Å². The van der Waals surface area contributed by atoms with Gasteiger partial charge in [0.05, 0.1) is 24.6 Å². The number of benzene rings is 2. The Kier molecular flexibility index (Phi) is 5.46. The molecule has 0 saturated carbocycles. The summed E-state index contributed by atoms with van der Waals surface area (Å²) in [6.45, 7) is 3.29. The van der Waals surface area contributed by atoms with E-state index in [1.807, 2.05) is 44.2 Å². The maximum absolute atomic E-state index is 12.2. The summed E-state index contributed by atoms with van der Waals surface area (Å²) in [7, 11) is 0. The van der Waals surface area contributed by atoms with Crippen LogP contribution in [0.4, 0.5) is 0 Å². The highest BCUT2D eigenvalue weighted by Gasteiger charge is 2.32. The van der Waals surface area contributed by atoms with Crippen molar-refractivity contribution in [2.75, 3.05) is 13.2 Å². The Morgan fingerprint density at radius 3 is 2.70 bits per heavy atom. The summed E-state index contributed by atoms with van der Waals surface area (Å²) in [5, 5.41) is 12.3. The Morgan fingerprint density at radius 1 is 1.26 bits per heavy atom. The lowest BCUT2D eigenvalue weighted by Gasteiger charge is -2.31. The van der Waals surface area contributed by atoms with Crippen LogP contribution in [0.15, 0.2) is 48.5 Å². The highest BCUT2D eigenvalue weighted by Crippen LogP contribution is 2.35. The molecule has 6 nitrogen and oxygen atoms in total. The highest BCUT2D eigenvalue weighted by atomic mass is 16.5. The van der Waals surface area contributed by atoms with Gasteiger partial charge >= 0.3 is 0 Å². The van der Waals surface area contributed by atoms with Gasteiger partial charge in [0.15, 0.2) is 12.4 Å². The third kappa shape index (κ3) is 4.65. The molecule has 3 rings (SSSR count). The molecule has 0 aromatic heterocycles. The zero-order valence-electron chi connectivity index (χ0n) is 15.4. The quantitative estimate of drug-likeness (QED) is 0.818. The zero-order chi connectivity index (χ0) is 19.4. The van der Waals surface area contributed by atoms with Gasteiger partial charge in [-0.25, -0.2) is 0 Å². The summed E-state index contributed by atoms with van der Waals surface area (Å²) in [6, 6.07) is 13.7. The van der Waals surface area contributed by atoms with Crippen molar-refractivity contribution in [2.45, 2.75) is 31.9 Å². The molecule has 1 aliphatic rings. The van der Waals surface area contributed by atoms with Gasteiger partial charge in [0.2, 0.25) is 0 Å². The molecule has 1 aliphatic heterocycles. The number of hydrogen-bond donors (Lipinski definition) is 2. The van der Waals surface area contributed by atoms with Gasteiger partial charge in [0.1, 0.15) is 17.1 Å². The van der Waals surface area contributed by atoms with E-state index in [0.717, 1.165) is 5.56 Å². The average Bonchev–Trinajstić information content (AvgIpc) is 2.64. The van der Waals surface area contributed by atoms with E-state index < -0.39 is 11.6 Å². The van der Waals surface area contributed by atoms with E-state index in [1.165, 1.54) is 0 Å². The molecule has 2 aromatic rings. The number of aliphatic hydroxyl groups excluding tert-OH is 1. The van der Waals surface area contributed by atoms with Gasteiger partial charge in [-0.2, -0.15) is 0 Å². The molecule has 0 fully saturated rings. The Bertz CT molecular complexity index is 832. The van der Waals surface area contributed by atoms with E-state index >= 15 is 0 Å². The maximum Gasteiger partial charge on any atom is 0.258 e. The predicted octanol–water partition coefficient (Wildman–Crippen LogP) is 2.66. The van der Waals surface area contributed by atoms with E-state index in [9.17, 15) is 14.7 Å². The van der Waals surface area contributed by atoms with Gasteiger partial charge in [-0.15, -0.1) is 0 Å². The summed E-state index contributed by atoms with van der Waals surface area (Å²) in [6.07, 6.45) is 0.324. The molecule has 6 heteroatoms. The fourth-order valence-electron chi connectivity index (χ4n) is 3.03. The predicted molar refractivity (Wildman–Crippen MR) is 100 cm³/mol. The Morgan fingerprint density at radius 2 is 2.00 bits per heavy atom. The second-order valence-corrected chi connectivity index (χ2v) is 7.12. The molecule has 2 N–H and O–H groups in total. The SMILES string of the molecule is CC1(C)CC(=O)c2ccc(OCC(=O)N[C@H](CO)c3ccccc3)cc2O1. The van der Waals surface area contributed by atoms with Crippen molar-refractivity contribution in [1.29, 1.82) is 0 Å². The molecule has 0 aliphatic carbocycles. The second kappa shape index (κ2) is 7.80. The van der Waals surface area contributed by atoms with Crippen molar-refractivity contribution in [3.8, 4) is 11.5 Å². The van der Waals surface area contributed by atoms with Crippen molar-refractivity contribution < 1.29 is 24.2 Å². The van der Waals surface area contributed by atoms with Gasteiger partial charge in [0.25, 0.3) is 5.91 Å². The standard InChI is InChI=1S/C21H23NO5/c1-21(2)11-18(24)16-9-8-15(10-19(16)27-21)26-13-20(25)22-17(12-23)14-6-4-3-5-7-14/h3-10,17,23H,11-13H2,1-2H3,(H,22,25)/t17-/m1/s1. The number of amides is 1. The van der Waals surface area contributed by atoms with Crippen LogP contribution in [0, 0.1) is 0 Å². The van der Waals surface area contributed by atoms with E-state index in [4.69, 9.17) is 9.47 Å². The van der Waals surface area contributed by atoms with E-state index in [0.29, 0.717) is 23.5 Å². The summed E-state index contributed by atoms with van der Waals surface area (Å²) >= 11 is 0. The number of fused-ring (bicyclic) bond motifs is 1. The normalized spacial score (nSPS) is 16.0. The van der Waals surface area contributed by atoms with Crippen LogP contribution in [0.1, 0.15) is 42.2 Å². The Balaban J connectivity index is 1.62. The third-order valence-corrected chi connectivity index (χ3v) is 4.32. The molecule has 0 spiro atoms. The van der Waals surface area contributed by atoms with Crippen molar-refractivity contribution in [1.82, 2.24) is 5.32 Å². The van der Waals surface area contributed by atoms with Gasteiger partial charge in [-0.05, 0) is 31.5 Å². The topological polar surface area (TPSA) is 84.9 Å².